The van der Waals surface area contributed by atoms with Gasteiger partial charge >= 0.3 is 12.3 Å². The third-order valence-corrected chi connectivity index (χ3v) is 5.52. The molecular formula is C26H20F4N4O4. The van der Waals surface area contributed by atoms with Gasteiger partial charge in [0.1, 0.15) is 11.8 Å². The minimum Gasteiger partial charge on any atom is -0.465 e. The molecule has 1 aromatic heterocycles. The molecule has 3 aromatic carbocycles. The summed E-state index contributed by atoms with van der Waals surface area (Å²) >= 11 is 0. The summed E-state index contributed by atoms with van der Waals surface area (Å²) in [4.78, 5) is 23.9. The molecule has 4 rings (SSSR count). The topological polar surface area (TPSA) is 116 Å². The number of aromatic nitrogens is 2. The second-order valence-corrected chi connectivity index (χ2v) is 8.13. The molecule has 196 valence electrons. The molecule has 1 atom stereocenters. The molecule has 4 aromatic rings. The number of carboxylic acid groups (broad SMARTS) is 1. The van der Waals surface area contributed by atoms with Crippen LogP contribution in [-0.4, -0.2) is 32.0 Å². The van der Waals surface area contributed by atoms with Crippen molar-refractivity contribution in [1.29, 1.82) is 0 Å². The van der Waals surface area contributed by atoms with Crippen LogP contribution in [0.5, 0.6) is 0 Å². The first kappa shape index (κ1) is 26.4. The minimum atomic E-state index is -4.88. The molecule has 0 spiro atoms. The molecule has 12 heteroatoms. The molecule has 2 amide bonds. The number of amides is 2. The third kappa shape index (κ3) is 5.81. The van der Waals surface area contributed by atoms with Crippen LogP contribution >= 0.6 is 0 Å². The molecule has 0 saturated heterocycles. The smallest absolute Gasteiger partial charge is 0.435 e. The fourth-order valence-corrected chi connectivity index (χ4v) is 3.71. The number of rotatable bonds is 7. The number of carbonyl (C=O) groups is 2. The Kier molecular flexibility index (Phi) is 7.44. The Labute approximate surface area is 213 Å². The Bertz CT molecular complexity index is 1470. The summed E-state index contributed by atoms with van der Waals surface area (Å²) in [7, 11) is 0. The fraction of sp³-hybridized carbons (Fsp3) is 0.115. The number of alkyl halides is 3. The summed E-state index contributed by atoms with van der Waals surface area (Å²) in [6.45, 7) is -0.139. The van der Waals surface area contributed by atoms with Crippen molar-refractivity contribution in [3.8, 4) is 5.69 Å². The fourth-order valence-electron chi connectivity index (χ4n) is 3.71. The predicted molar refractivity (Wildman–Crippen MR) is 128 cm³/mol. The van der Waals surface area contributed by atoms with Crippen LogP contribution in [0.2, 0.25) is 0 Å². The number of aliphatic hydroxyl groups excluding tert-OH is 1. The van der Waals surface area contributed by atoms with E-state index >= 15 is 4.39 Å². The van der Waals surface area contributed by atoms with Crippen molar-refractivity contribution >= 4 is 17.7 Å². The van der Waals surface area contributed by atoms with Crippen LogP contribution in [0.1, 0.15) is 39.0 Å². The van der Waals surface area contributed by atoms with E-state index in [1.165, 1.54) is 42.5 Å². The monoisotopic (exact) mass is 528 g/mol. The van der Waals surface area contributed by atoms with Crippen molar-refractivity contribution in [2.75, 3.05) is 5.32 Å². The Morgan fingerprint density at radius 1 is 0.974 bits per heavy atom. The molecule has 0 aliphatic rings. The van der Waals surface area contributed by atoms with E-state index in [1.54, 1.807) is 30.3 Å². The molecule has 0 radical (unpaired) electrons. The number of halogens is 4. The quantitative estimate of drug-likeness (QED) is 0.248. The molecule has 0 aliphatic heterocycles. The van der Waals surface area contributed by atoms with Gasteiger partial charge in [0.2, 0.25) is 0 Å². The zero-order chi connectivity index (χ0) is 27.4. The highest BCUT2D eigenvalue weighted by atomic mass is 19.4. The lowest BCUT2D eigenvalue weighted by atomic mass is 10.0. The molecule has 1 heterocycles. The maximum absolute atomic E-state index is 15.3. The Morgan fingerprint density at radius 2 is 1.68 bits per heavy atom. The standard InChI is InChI=1S/C26H20F4N4O4/c27-22-18(23(35)16-7-2-1-3-8-16)10-5-11-19(22)32-24(36)20-13-21(26(28,29)30)33-34(20)17-9-4-6-15(12-17)14-31-25(37)38/h1-13,23,31,35H,14H2,(H,32,36)(H,37,38). The lowest BCUT2D eigenvalue weighted by Crippen LogP contribution is -2.20. The van der Waals surface area contributed by atoms with Crippen LogP contribution in [0.3, 0.4) is 0 Å². The molecule has 8 nitrogen and oxygen atoms in total. The van der Waals surface area contributed by atoms with Gasteiger partial charge in [-0.2, -0.15) is 18.3 Å². The zero-order valence-corrected chi connectivity index (χ0v) is 19.4. The first-order valence-corrected chi connectivity index (χ1v) is 11.1. The van der Waals surface area contributed by atoms with E-state index in [9.17, 15) is 27.9 Å². The van der Waals surface area contributed by atoms with E-state index in [2.05, 4.69) is 15.7 Å². The largest absolute Gasteiger partial charge is 0.465 e. The maximum Gasteiger partial charge on any atom is 0.435 e. The lowest BCUT2D eigenvalue weighted by Gasteiger charge is -2.15. The summed E-state index contributed by atoms with van der Waals surface area (Å²) < 4.78 is 56.4. The first-order valence-electron chi connectivity index (χ1n) is 11.1. The van der Waals surface area contributed by atoms with E-state index in [0.29, 0.717) is 17.2 Å². The number of aliphatic hydroxyl groups is 1. The van der Waals surface area contributed by atoms with Crippen LogP contribution in [0.4, 0.5) is 28.0 Å². The zero-order valence-electron chi connectivity index (χ0n) is 19.4. The van der Waals surface area contributed by atoms with Gasteiger partial charge in [0, 0.05) is 18.2 Å². The number of benzene rings is 3. The summed E-state index contributed by atoms with van der Waals surface area (Å²) in [5.74, 6) is -2.05. The number of anilines is 1. The number of hydrogen-bond acceptors (Lipinski definition) is 4. The van der Waals surface area contributed by atoms with Crippen LogP contribution < -0.4 is 10.6 Å². The SMILES string of the molecule is O=C(O)NCc1cccc(-n2nc(C(F)(F)F)cc2C(=O)Nc2cccc(C(O)c3ccccc3)c2F)c1. The molecule has 4 N–H and O–H groups in total. The number of hydrogen-bond donors (Lipinski definition) is 4. The van der Waals surface area contributed by atoms with E-state index < -0.39 is 41.5 Å². The van der Waals surface area contributed by atoms with E-state index in [0.717, 1.165) is 4.68 Å². The second-order valence-electron chi connectivity index (χ2n) is 8.13. The van der Waals surface area contributed by atoms with Crippen molar-refractivity contribution in [3.63, 3.8) is 0 Å². The molecular weight excluding hydrogens is 508 g/mol. The van der Waals surface area contributed by atoms with Gasteiger partial charge in [-0.1, -0.05) is 54.6 Å². The Hall–Kier alpha value is -4.71. The number of nitrogens with zero attached hydrogens (tertiary/aromatic N) is 2. The van der Waals surface area contributed by atoms with Gasteiger partial charge in [-0.05, 0) is 29.3 Å². The molecule has 0 saturated carbocycles. The first-order chi connectivity index (χ1) is 18.0. The molecule has 0 aliphatic carbocycles. The normalized spacial score (nSPS) is 12.1. The average Bonchev–Trinajstić information content (AvgIpc) is 3.36. The van der Waals surface area contributed by atoms with Gasteiger partial charge in [-0.3, -0.25) is 4.79 Å². The van der Waals surface area contributed by atoms with E-state index in [4.69, 9.17) is 5.11 Å². The average molecular weight is 528 g/mol. The Balaban J connectivity index is 1.68. The highest BCUT2D eigenvalue weighted by Crippen LogP contribution is 2.31. The van der Waals surface area contributed by atoms with Gasteiger partial charge in [0.25, 0.3) is 5.91 Å². The van der Waals surface area contributed by atoms with Crippen LogP contribution in [0, 0.1) is 5.82 Å². The van der Waals surface area contributed by atoms with Crippen LogP contribution in [-0.2, 0) is 12.7 Å². The summed E-state index contributed by atoms with van der Waals surface area (Å²) in [6.07, 6.45) is -7.53. The molecule has 0 bridgehead atoms. The minimum absolute atomic E-state index is 0.0454. The maximum atomic E-state index is 15.3. The third-order valence-electron chi connectivity index (χ3n) is 5.52. The summed E-state index contributed by atoms with van der Waals surface area (Å²) in [5.41, 5.74) is -1.56. The van der Waals surface area contributed by atoms with Gasteiger partial charge in [0.05, 0.1) is 11.4 Å². The van der Waals surface area contributed by atoms with Gasteiger partial charge in [-0.25, -0.2) is 13.9 Å². The molecule has 38 heavy (non-hydrogen) atoms. The second kappa shape index (κ2) is 10.7. The van der Waals surface area contributed by atoms with Crippen molar-refractivity contribution in [3.05, 3.63) is 113 Å². The van der Waals surface area contributed by atoms with Crippen molar-refractivity contribution in [2.45, 2.75) is 18.8 Å². The van der Waals surface area contributed by atoms with E-state index in [-0.39, 0.29) is 23.5 Å². The number of carbonyl (C=O) groups excluding carboxylic acids is 1. The molecule has 1 unspecified atom stereocenters. The summed E-state index contributed by atoms with van der Waals surface area (Å²) in [6, 6.07) is 18.4. The van der Waals surface area contributed by atoms with Crippen LogP contribution in [0.25, 0.3) is 5.69 Å². The van der Waals surface area contributed by atoms with Crippen LogP contribution in [0.15, 0.2) is 78.9 Å². The summed E-state index contributed by atoms with van der Waals surface area (Å²) in [5, 5.41) is 27.3. The van der Waals surface area contributed by atoms with Gasteiger partial charge < -0.3 is 20.8 Å². The van der Waals surface area contributed by atoms with Gasteiger partial charge in [-0.15, -0.1) is 0 Å². The van der Waals surface area contributed by atoms with Crippen molar-refractivity contribution in [1.82, 2.24) is 15.1 Å². The van der Waals surface area contributed by atoms with Gasteiger partial charge in [0.15, 0.2) is 11.5 Å². The highest BCUT2D eigenvalue weighted by Gasteiger charge is 2.36. The molecule has 0 fully saturated rings. The number of nitrogens with one attached hydrogen (secondary N) is 2. The van der Waals surface area contributed by atoms with E-state index in [1.807, 2.05) is 0 Å². The van der Waals surface area contributed by atoms with Crippen molar-refractivity contribution in [2.24, 2.45) is 0 Å². The highest BCUT2D eigenvalue weighted by molar-refractivity contribution is 6.03. The predicted octanol–water partition coefficient (Wildman–Crippen LogP) is 5.13. The van der Waals surface area contributed by atoms with Crippen molar-refractivity contribution < 1.29 is 37.4 Å². The Morgan fingerprint density at radius 3 is 2.37 bits per heavy atom. The lowest BCUT2D eigenvalue weighted by molar-refractivity contribution is -0.141.